The third kappa shape index (κ3) is 6.83. The van der Waals surface area contributed by atoms with E-state index < -0.39 is 22.0 Å². The number of carbonyl (C=O) groups is 1. The zero-order chi connectivity index (χ0) is 15.9. The van der Waals surface area contributed by atoms with E-state index in [1.54, 1.807) is 19.1 Å². The Balaban J connectivity index is 2.42. The fourth-order valence-corrected chi connectivity index (χ4v) is 4.00. The second kappa shape index (κ2) is 8.26. The lowest BCUT2D eigenvalue weighted by molar-refractivity contribution is -0.144. The molecule has 0 aliphatic rings. The first-order valence-corrected chi connectivity index (χ1v) is 9.13. The van der Waals surface area contributed by atoms with Gasteiger partial charge in [0, 0.05) is 16.3 Å². The number of anilines is 1. The van der Waals surface area contributed by atoms with Gasteiger partial charge in [0.2, 0.25) is 10.0 Å². The Morgan fingerprint density at radius 2 is 2.00 bits per heavy atom. The van der Waals surface area contributed by atoms with Crippen LogP contribution in [0.4, 0.5) is 5.69 Å². The Labute approximate surface area is 129 Å². The second-order valence-corrected chi connectivity index (χ2v) is 7.37. The molecule has 0 spiro atoms. The zero-order valence-corrected chi connectivity index (χ0v) is 13.7. The van der Waals surface area contributed by atoms with E-state index >= 15 is 0 Å². The van der Waals surface area contributed by atoms with Crippen molar-refractivity contribution in [3.63, 3.8) is 0 Å². The summed E-state index contributed by atoms with van der Waals surface area (Å²) >= 11 is 1.41. The van der Waals surface area contributed by atoms with E-state index in [0.29, 0.717) is 11.4 Å². The van der Waals surface area contributed by atoms with Gasteiger partial charge in [0.1, 0.15) is 6.04 Å². The molecule has 1 unspecified atom stereocenters. The van der Waals surface area contributed by atoms with Crippen LogP contribution < -0.4 is 10.5 Å². The maximum atomic E-state index is 11.8. The summed E-state index contributed by atoms with van der Waals surface area (Å²) < 4.78 is 30.7. The quantitative estimate of drug-likeness (QED) is 0.422. The van der Waals surface area contributed by atoms with Gasteiger partial charge >= 0.3 is 5.97 Å². The molecule has 0 radical (unpaired) electrons. The summed E-state index contributed by atoms with van der Waals surface area (Å²) in [6.45, 7) is 3.35. The average Bonchev–Trinajstić information content (AvgIpc) is 2.40. The van der Waals surface area contributed by atoms with Crippen LogP contribution in [0.15, 0.2) is 29.2 Å². The van der Waals surface area contributed by atoms with Gasteiger partial charge in [0.25, 0.3) is 0 Å². The molecule has 0 aromatic heterocycles. The highest BCUT2D eigenvalue weighted by molar-refractivity contribution is 8.00. The van der Waals surface area contributed by atoms with E-state index in [1.165, 1.54) is 18.7 Å². The molecule has 0 aliphatic carbocycles. The molecule has 0 heterocycles. The van der Waals surface area contributed by atoms with Crippen molar-refractivity contribution in [3.8, 4) is 0 Å². The highest BCUT2D eigenvalue weighted by Crippen LogP contribution is 2.19. The van der Waals surface area contributed by atoms with Gasteiger partial charge in [-0.15, -0.1) is 11.8 Å². The highest BCUT2D eigenvalue weighted by atomic mass is 32.2. The summed E-state index contributed by atoms with van der Waals surface area (Å²) in [4.78, 5) is 12.3. The van der Waals surface area contributed by atoms with Gasteiger partial charge in [-0.1, -0.05) is 0 Å². The lowest BCUT2D eigenvalue weighted by Gasteiger charge is -2.12. The molecule has 0 saturated carbocycles. The number of esters is 1. The number of nitrogens with two attached hydrogens (primary N) is 1. The lowest BCUT2D eigenvalue weighted by Crippen LogP contribution is -2.41. The predicted octanol–water partition coefficient (Wildman–Crippen LogP) is 1.23. The molecule has 1 atom stereocenters. The second-order valence-electron chi connectivity index (χ2n) is 4.33. The molecule has 0 bridgehead atoms. The number of sulfonamides is 1. The van der Waals surface area contributed by atoms with Crippen molar-refractivity contribution >= 4 is 33.4 Å². The summed E-state index contributed by atoms with van der Waals surface area (Å²) in [5.41, 5.74) is 6.24. The number of benzene rings is 1. The molecule has 0 amide bonds. The van der Waals surface area contributed by atoms with Crippen LogP contribution in [0.1, 0.15) is 13.8 Å². The minimum Gasteiger partial charge on any atom is -0.465 e. The van der Waals surface area contributed by atoms with E-state index in [9.17, 15) is 13.2 Å². The topological polar surface area (TPSA) is 98.5 Å². The summed E-state index contributed by atoms with van der Waals surface area (Å²) in [7, 11) is -3.52. The summed E-state index contributed by atoms with van der Waals surface area (Å²) in [6.07, 6.45) is 0. The molecular weight excluding hydrogens is 312 g/mol. The Bertz CT molecular complexity index is 558. The maximum Gasteiger partial charge on any atom is 0.323 e. The van der Waals surface area contributed by atoms with Gasteiger partial charge in [0.15, 0.2) is 0 Å². The van der Waals surface area contributed by atoms with Crippen LogP contribution in [0.5, 0.6) is 0 Å². The molecule has 21 heavy (non-hydrogen) atoms. The minimum atomic E-state index is -3.52. The van der Waals surface area contributed by atoms with E-state index in [4.69, 9.17) is 10.5 Å². The Morgan fingerprint density at radius 3 is 2.57 bits per heavy atom. The van der Waals surface area contributed by atoms with Crippen LogP contribution in [0.2, 0.25) is 0 Å². The molecule has 8 heteroatoms. The Morgan fingerprint density at radius 1 is 1.38 bits per heavy atom. The Hall–Kier alpha value is -1.25. The molecule has 1 rings (SSSR count). The first-order chi connectivity index (χ1) is 9.84. The monoisotopic (exact) mass is 332 g/mol. The van der Waals surface area contributed by atoms with Gasteiger partial charge in [-0.2, -0.15) is 0 Å². The van der Waals surface area contributed by atoms with Crippen molar-refractivity contribution in [2.24, 2.45) is 0 Å². The lowest BCUT2D eigenvalue weighted by atomic mass is 10.3. The standard InChI is InChI=1S/C13H20N2O4S2/c1-3-19-13(16)10(2)15-21(17,18)9-8-20-12-6-4-11(14)5-7-12/h4-7,10,15H,3,8-9,14H2,1-2H3. The van der Waals surface area contributed by atoms with Gasteiger partial charge < -0.3 is 10.5 Å². The van der Waals surface area contributed by atoms with Gasteiger partial charge in [0.05, 0.1) is 12.4 Å². The molecule has 3 N–H and O–H groups in total. The molecule has 0 fully saturated rings. The maximum absolute atomic E-state index is 11.8. The summed E-state index contributed by atoms with van der Waals surface area (Å²) in [5, 5.41) is 0. The first-order valence-electron chi connectivity index (χ1n) is 6.49. The van der Waals surface area contributed by atoms with E-state index in [-0.39, 0.29) is 12.4 Å². The van der Waals surface area contributed by atoms with Crippen LogP contribution in [0, 0.1) is 0 Å². The fraction of sp³-hybridized carbons (Fsp3) is 0.462. The smallest absolute Gasteiger partial charge is 0.323 e. The van der Waals surface area contributed by atoms with Gasteiger partial charge in [-0.25, -0.2) is 13.1 Å². The number of ether oxygens (including phenoxy) is 1. The molecule has 6 nitrogen and oxygen atoms in total. The third-order valence-corrected chi connectivity index (χ3v) is 5.22. The largest absolute Gasteiger partial charge is 0.465 e. The SMILES string of the molecule is CCOC(=O)C(C)NS(=O)(=O)CCSc1ccc(N)cc1. The average molecular weight is 332 g/mol. The van der Waals surface area contributed by atoms with Crippen molar-refractivity contribution in [3.05, 3.63) is 24.3 Å². The number of hydrogen-bond donors (Lipinski definition) is 2. The molecule has 0 saturated heterocycles. The fourth-order valence-electron chi connectivity index (χ4n) is 1.48. The van der Waals surface area contributed by atoms with E-state index in [1.807, 2.05) is 12.1 Å². The number of thioether (sulfide) groups is 1. The molecule has 118 valence electrons. The van der Waals surface area contributed by atoms with E-state index in [2.05, 4.69) is 4.72 Å². The third-order valence-electron chi connectivity index (χ3n) is 2.50. The number of hydrogen-bond acceptors (Lipinski definition) is 6. The molecular formula is C13H20N2O4S2. The van der Waals surface area contributed by atoms with E-state index in [0.717, 1.165) is 4.90 Å². The molecule has 1 aromatic carbocycles. The van der Waals surface area contributed by atoms with Crippen LogP contribution in [0.25, 0.3) is 0 Å². The van der Waals surface area contributed by atoms with Gasteiger partial charge in [-0.05, 0) is 38.1 Å². The number of carbonyl (C=O) groups excluding carboxylic acids is 1. The number of nitrogen functional groups attached to an aromatic ring is 1. The first kappa shape index (κ1) is 17.8. The van der Waals surface area contributed by atoms with Crippen LogP contribution >= 0.6 is 11.8 Å². The van der Waals surface area contributed by atoms with Crippen molar-refractivity contribution in [1.82, 2.24) is 4.72 Å². The zero-order valence-electron chi connectivity index (χ0n) is 12.0. The summed E-state index contributed by atoms with van der Waals surface area (Å²) in [6, 6.07) is 6.31. The van der Waals surface area contributed by atoms with Gasteiger partial charge in [-0.3, -0.25) is 4.79 Å². The van der Waals surface area contributed by atoms with Crippen molar-refractivity contribution in [2.75, 3.05) is 23.8 Å². The van der Waals surface area contributed by atoms with Crippen molar-refractivity contribution in [2.45, 2.75) is 24.8 Å². The number of rotatable bonds is 8. The normalized spacial score (nSPS) is 12.9. The van der Waals surface area contributed by atoms with Crippen LogP contribution in [0.3, 0.4) is 0 Å². The number of nitrogens with one attached hydrogen (secondary N) is 1. The Kier molecular flexibility index (Phi) is 7.00. The summed E-state index contributed by atoms with van der Waals surface area (Å²) in [5.74, 6) is -0.270. The van der Waals surface area contributed by atoms with Crippen molar-refractivity contribution in [1.29, 1.82) is 0 Å². The van der Waals surface area contributed by atoms with Crippen molar-refractivity contribution < 1.29 is 17.9 Å². The highest BCUT2D eigenvalue weighted by Gasteiger charge is 2.20. The van der Waals surface area contributed by atoms with Crippen LogP contribution in [-0.4, -0.2) is 38.5 Å². The minimum absolute atomic E-state index is 0.0776. The predicted molar refractivity (Wildman–Crippen MR) is 84.6 cm³/mol. The van der Waals surface area contributed by atoms with Crippen LogP contribution in [-0.2, 0) is 19.6 Å². The molecule has 1 aromatic rings. The molecule has 0 aliphatic heterocycles.